The van der Waals surface area contributed by atoms with Crippen LogP contribution in [0.1, 0.15) is 27.3 Å². The highest BCUT2D eigenvalue weighted by Crippen LogP contribution is 2.33. The third kappa shape index (κ3) is 3.82. The lowest BCUT2D eigenvalue weighted by Crippen LogP contribution is -2.46. The van der Waals surface area contributed by atoms with E-state index in [1.807, 2.05) is 19.1 Å². The minimum absolute atomic E-state index is 0.204. The van der Waals surface area contributed by atoms with Gasteiger partial charge in [-0.1, -0.05) is 6.07 Å². The number of rotatable bonds is 4. The number of carbonyl (C=O) groups excluding carboxylic acids is 1. The van der Waals surface area contributed by atoms with Crippen molar-refractivity contribution in [1.82, 2.24) is 20.2 Å². The number of ether oxygens (including phenoxy) is 1. The van der Waals surface area contributed by atoms with E-state index < -0.39 is 5.82 Å². The molecule has 33 heavy (non-hydrogen) atoms. The molecule has 0 aliphatic carbocycles. The second-order valence-corrected chi connectivity index (χ2v) is 8.46. The molecule has 2 aliphatic heterocycles. The van der Waals surface area contributed by atoms with Crippen molar-refractivity contribution in [2.45, 2.75) is 19.9 Å². The molecule has 172 valence electrons. The lowest BCUT2D eigenvalue weighted by molar-refractivity contribution is 0.0958. The van der Waals surface area contributed by atoms with E-state index in [0.29, 0.717) is 47.5 Å². The summed E-state index contributed by atoms with van der Waals surface area (Å²) < 4.78 is 20.9. The molecule has 0 saturated carbocycles. The number of carbonyl (C=O) groups is 1. The van der Waals surface area contributed by atoms with Crippen LogP contribution in [0.25, 0.3) is 10.9 Å². The van der Waals surface area contributed by atoms with Crippen molar-refractivity contribution in [3.63, 3.8) is 0 Å². The highest BCUT2D eigenvalue weighted by Gasteiger charge is 2.24. The Bertz CT molecular complexity index is 1300. The number of aromatic amines is 1. The molecule has 0 bridgehead atoms. The molecule has 5 rings (SSSR count). The van der Waals surface area contributed by atoms with E-state index in [1.165, 1.54) is 0 Å². The van der Waals surface area contributed by atoms with E-state index in [-0.39, 0.29) is 17.0 Å². The molecule has 2 aromatic heterocycles. The maximum Gasteiger partial charge on any atom is 0.269 e. The van der Waals surface area contributed by atoms with Crippen molar-refractivity contribution in [3.05, 3.63) is 63.0 Å². The van der Waals surface area contributed by atoms with Gasteiger partial charge < -0.3 is 19.9 Å². The first-order valence-electron chi connectivity index (χ1n) is 11.1. The summed E-state index contributed by atoms with van der Waals surface area (Å²) in [5.74, 6) is -0.0841. The molecule has 2 N–H and O–H groups in total. The minimum atomic E-state index is -0.393. The molecular formula is C24H26FN5O3. The molecule has 9 heteroatoms. The predicted octanol–water partition coefficient (Wildman–Crippen LogP) is 1.99. The van der Waals surface area contributed by atoms with Crippen LogP contribution in [-0.2, 0) is 13.0 Å². The first-order chi connectivity index (χ1) is 16.0. The average Bonchev–Trinajstić information content (AvgIpc) is 3.32. The molecule has 0 radical (unpaired) electrons. The smallest absolute Gasteiger partial charge is 0.269 e. The van der Waals surface area contributed by atoms with Gasteiger partial charge in [-0.05, 0) is 25.1 Å². The number of hydrogen-bond acceptors (Lipinski definition) is 6. The Hall–Kier alpha value is -3.46. The first kappa shape index (κ1) is 21.4. The maximum absolute atomic E-state index is 15.3. The van der Waals surface area contributed by atoms with Crippen LogP contribution in [0.4, 0.5) is 10.1 Å². The van der Waals surface area contributed by atoms with Crippen LogP contribution in [0.2, 0.25) is 0 Å². The maximum atomic E-state index is 15.3. The van der Waals surface area contributed by atoms with Gasteiger partial charge in [0, 0.05) is 57.1 Å². The molecule has 1 saturated heterocycles. The minimum Gasteiger partial charge on any atom is -0.492 e. The van der Waals surface area contributed by atoms with Crippen LogP contribution in [0.3, 0.4) is 0 Å². The Morgan fingerprint density at radius 3 is 2.73 bits per heavy atom. The molecule has 0 unspecified atom stereocenters. The van der Waals surface area contributed by atoms with Gasteiger partial charge in [0.15, 0.2) is 5.82 Å². The number of piperazine rings is 1. The van der Waals surface area contributed by atoms with E-state index >= 15 is 4.39 Å². The molecule has 2 aliphatic rings. The second kappa shape index (κ2) is 8.47. The molecule has 8 nitrogen and oxygen atoms in total. The monoisotopic (exact) mass is 451 g/mol. The SMILES string of the molecule is CNC(=O)c1ccc(N2CCN(Cc3ccc4c5c(c(=O)[nH]c4c3F)CCO5)CC2)c(C)n1. The summed E-state index contributed by atoms with van der Waals surface area (Å²) in [5.41, 5.74) is 3.31. The van der Waals surface area contributed by atoms with Gasteiger partial charge in [-0.25, -0.2) is 9.37 Å². The fraction of sp³-hybridized carbons (Fsp3) is 0.375. The van der Waals surface area contributed by atoms with Crippen LogP contribution in [0.15, 0.2) is 29.1 Å². The zero-order valence-corrected chi connectivity index (χ0v) is 18.7. The highest BCUT2D eigenvalue weighted by atomic mass is 19.1. The lowest BCUT2D eigenvalue weighted by Gasteiger charge is -2.36. The number of nitrogens with zero attached hydrogens (tertiary/aromatic N) is 3. The van der Waals surface area contributed by atoms with E-state index in [0.717, 1.165) is 37.6 Å². The predicted molar refractivity (Wildman–Crippen MR) is 124 cm³/mol. The average molecular weight is 452 g/mol. The van der Waals surface area contributed by atoms with Gasteiger partial charge in [-0.2, -0.15) is 0 Å². The second-order valence-electron chi connectivity index (χ2n) is 8.46. The molecule has 0 spiro atoms. The van der Waals surface area contributed by atoms with Crippen molar-refractivity contribution >= 4 is 22.5 Å². The van der Waals surface area contributed by atoms with Gasteiger partial charge in [-0.3, -0.25) is 14.5 Å². The number of benzene rings is 1. The van der Waals surface area contributed by atoms with Gasteiger partial charge in [0.2, 0.25) is 0 Å². The van der Waals surface area contributed by atoms with Crippen LogP contribution < -0.4 is 20.5 Å². The number of amides is 1. The topological polar surface area (TPSA) is 90.6 Å². The summed E-state index contributed by atoms with van der Waals surface area (Å²) in [5, 5.41) is 3.21. The summed E-state index contributed by atoms with van der Waals surface area (Å²) in [7, 11) is 1.59. The van der Waals surface area contributed by atoms with Gasteiger partial charge in [-0.15, -0.1) is 0 Å². The molecule has 1 aromatic carbocycles. The van der Waals surface area contributed by atoms with Gasteiger partial charge in [0.25, 0.3) is 11.5 Å². The Labute approximate surface area is 190 Å². The van der Waals surface area contributed by atoms with E-state index in [2.05, 4.69) is 25.1 Å². The summed E-state index contributed by atoms with van der Waals surface area (Å²) >= 11 is 0. The fourth-order valence-electron chi connectivity index (χ4n) is 4.68. The molecular weight excluding hydrogens is 425 g/mol. The lowest BCUT2D eigenvalue weighted by atomic mass is 10.1. The number of nitrogens with one attached hydrogen (secondary N) is 2. The van der Waals surface area contributed by atoms with Crippen LogP contribution in [0.5, 0.6) is 5.75 Å². The normalized spacial score (nSPS) is 16.0. The van der Waals surface area contributed by atoms with Crippen molar-refractivity contribution in [1.29, 1.82) is 0 Å². The Kier molecular flexibility index (Phi) is 5.49. The molecule has 3 aromatic rings. The quantitative estimate of drug-likeness (QED) is 0.631. The molecule has 1 fully saturated rings. The van der Waals surface area contributed by atoms with Gasteiger partial charge in [0.05, 0.1) is 29.1 Å². The van der Waals surface area contributed by atoms with E-state index in [9.17, 15) is 9.59 Å². The number of fused-ring (bicyclic) bond motifs is 3. The largest absolute Gasteiger partial charge is 0.492 e. The number of hydrogen-bond donors (Lipinski definition) is 2. The molecule has 4 heterocycles. The van der Waals surface area contributed by atoms with Crippen molar-refractivity contribution in [3.8, 4) is 5.75 Å². The van der Waals surface area contributed by atoms with Crippen molar-refractivity contribution < 1.29 is 13.9 Å². The van der Waals surface area contributed by atoms with Gasteiger partial charge >= 0.3 is 0 Å². The number of anilines is 1. The number of H-pyrrole nitrogens is 1. The molecule has 1 amide bonds. The first-order valence-corrected chi connectivity index (χ1v) is 11.1. The summed E-state index contributed by atoms with van der Waals surface area (Å²) in [6.45, 7) is 5.89. The highest BCUT2D eigenvalue weighted by molar-refractivity contribution is 5.92. The van der Waals surface area contributed by atoms with Crippen LogP contribution in [0, 0.1) is 12.7 Å². The van der Waals surface area contributed by atoms with Crippen molar-refractivity contribution in [2.24, 2.45) is 0 Å². The summed E-state index contributed by atoms with van der Waals surface area (Å²) in [6, 6.07) is 7.30. The Morgan fingerprint density at radius 2 is 2.00 bits per heavy atom. The van der Waals surface area contributed by atoms with Crippen LogP contribution in [-0.4, -0.2) is 60.6 Å². The fourth-order valence-corrected chi connectivity index (χ4v) is 4.68. The molecule has 0 atom stereocenters. The number of halogens is 1. The summed E-state index contributed by atoms with van der Waals surface area (Å²) in [4.78, 5) is 35.7. The van der Waals surface area contributed by atoms with Crippen LogP contribution >= 0.6 is 0 Å². The Balaban J connectivity index is 1.30. The third-order valence-electron chi connectivity index (χ3n) is 6.48. The number of pyridine rings is 2. The van der Waals surface area contributed by atoms with Gasteiger partial charge in [0.1, 0.15) is 11.4 Å². The summed E-state index contributed by atoms with van der Waals surface area (Å²) in [6.07, 6.45) is 0.553. The number of aryl methyl sites for hydroxylation is 1. The zero-order chi connectivity index (χ0) is 23.1. The zero-order valence-electron chi connectivity index (χ0n) is 18.7. The number of aromatic nitrogens is 2. The van der Waals surface area contributed by atoms with Crippen molar-refractivity contribution in [2.75, 3.05) is 44.7 Å². The van der Waals surface area contributed by atoms with E-state index in [1.54, 1.807) is 19.2 Å². The Morgan fingerprint density at radius 1 is 1.21 bits per heavy atom. The standard InChI is InChI=1S/C24H26FN5O3/c1-14-19(6-5-18(27-14)24(32)26-2)30-10-8-29(9-11-30)13-15-3-4-16-21(20(15)25)28-23(31)17-7-12-33-22(16)17/h3-6H,7-13H2,1-2H3,(H,26,32)(H,28,31). The van der Waals surface area contributed by atoms with E-state index in [4.69, 9.17) is 4.74 Å². The third-order valence-corrected chi connectivity index (χ3v) is 6.48.